The fourth-order valence-electron chi connectivity index (χ4n) is 0.440. The summed E-state index contributed by atoms with van der Waals surface area (Å²) in [5.41, 5.74) is 0. The Morgan fingerprint density at radius 1 is 1.25 bits per heavy atom. The molecule has 0 aromatic rings. The molecule has 1 N–H and O–H groups in total. The molecule has 0 heterocycles. The Balaban J connectivity index is 0. The van der Waals surface area contributed by atoms with Crippen LogP contribution >= 0.6 is 23.8 Å². The zero-order valence-electron chi connectivity index (χ0n) is 7.02. The van der Waals surface area contributed by atoms with Crippen molar-refractivity contribution >= 4 is 23.8 Å². The van der Waals surface area contributed by atoms with Crippen LogP contribution in [0.2, 0.25) is 0 Å². The van der Waals surface area contributed by atoms with Crippen LogP contribution in [0.1, 0.15) is 6.42 Å². The quantitative estimate of drug-likeness (QED) is 0.155. The molecule has 0 saturated heterocycles. The van der Waals surface area contributed by atoms with Gasteiger partial charge in [-0.25, -0.2) is 0 Å². The summed E-state index contributed by atoms with van der Waals surface area (Å²) >= 11 is 2.67. The van der Waals surface area contributed by atoms with Crippen LogP contribution in [0.25, 0.3) is 0 Å². The summed E-state index contributed by atoms with van der Waals surface area (Å²) in [6.45, 7) is 0.220. The van der Waals surface area contributed by atoms with Crippen LogP contribution in [-0.4, -0.2) is 29.0 Å². The molecular weight excluding hydrogens is 211 g/mol. The van der Waals surface area contributed by atoms with Gasteiger partial charge in [0.15, 0.2) is 0 Å². The smallest absolute Gasteiger partial charge is 0.691 e. The molecule has 0 aliphatic rings. The van der Waals surface area contributed by atoms with Gasteiger partial charge < -0.3 is 10.4 Å². The molecule has 0 atom stereocenters. The molecule has 0 saturated carbocycles. The van der Waals surface area contributed by atoms with E-state index in [-0.39, 0.29) is 36.2 Å². The van der Waals surface area contributed by atoms with Gasteiger partial charge in [0, 0.05) is 23.5 Å². The Bertz CT molecular complexity index is 70.5. The Morgan fingerprint density at radius 2 is 2.00 bits per heavy atom. The minimum Gasteiger partial charge on any atom is -0.691 e. The van der Waals surface area contributed by atoms with Crippen molar-refractivity contribution < 1.29 is 49.3 Å². The van der Waals surface area contributed by atoms with Crippen LogP contribution in [-0.2, 0) is 9.37 Å². The van der Waals surface area contributed by atoms with Gasteiger partial charge in [-0.1, -0.05) is 0 Å². The van der Waals surface area contributed by atoms with Crippen molar-refractivity contribution in [2.75, 3.05) is 23.9 Å². The summed E-state index contributed by atoms with van der Waals surface area (Å²) < 4.78 is 4.04. The molecule has 0 bridgehead atoms. The molecule has 0 fully saturated rings. The summed E-state index contributed by atoms with van der Waals surface area (Å²) in [6, 6.07) is 0. The maximum absolute atomic E-state index is 9.28. The van der Waals surface area contributed by atoms with Gasteiger partial charge in [0.1, 0.15) is 0 Å². The molecule has 0 aromatic heterocycles. The van der Waals surface area contributed by atoms with E-state index in [1.807, 2.05) is 0 Å². The number of rotatable bonds is 8. The summed E-state index contributed by atoms with van der Waals surface area (Å²) in [4.78, 5) is 0. The molecular formula is C5H11NaO4S2. The molecule has 0 aliphatic heterocycles. The third kappa shape index (κ3) is 14.1. The Morgan fingerprint density at radius 3 is 2.58 bits per heavy atom. The van der Waals surface area contributed by atoms with Crippen molar-refractivity contribution in [1.29, 1.82) is 0 Å². The topological polar surface area (TPSA) is 61.8 Å². The van der Waals surface area contributed by atoms with Crippen molar-refractivity contribution in [3.05, 3.63) is 0 Å². The van der Waals surface area contributed by atoms with E-state index in [2.05, 4.69) is 9.37 Å². The molecule has 0 aromatic carbocycles. The molecule has 12 heavy (non-hydrogen) atoms. The van der Waals surface area contributed by atoms with E-state index in [4.69, 9.17) is 5.11 Å². The molecule has 0 radical (unpaired) electrons. The van der Waals surface area contributed by atoms with Gasteiger partial charge in [-0.05, 0) is 12.2 Å². The van der Waals surface area contributed by atoms with Gasteiger partial charge in [0.05, 0.1) is 6.61 Å². The monoisotopic (exact) mass is 222 g/mol. The molecule has 0 aliphatic carbocycles. The van der Waals surface area contributed by atoms with Crippen LogP contribution in [0.5, 0.6) is 0 Å². The maximum Gasteiger partial charge on any atom is 1.00 e. The Hall–Kier alpha value is 1.54. The molecule has 0 amide bonds. The van der Waals surface area contributed by atoms with Crippen molar-refractivity contribution in [2.24, 2.45) is 0 Å². The number of hydrogen-bond donors (Lipinski definition) is 1. The van der Waals surface area contributed by atoms with Crippen molar-refractivity contribution in [3.8, 4) is 0 Å². The first-order chi connectivity index (χ1) is 5.41. The van der Waals surface area contributed by atoms with Crippen LogP contribution in [0, 0.1) is 0 Å². The Kier molecular flexibility index (Phi) is 20.0. The molecule has 68 valence electrons. The van der Waals surface area contributed by atoms with Crippen LogP contribution < -0.4 is 34.8 Å². The number of hydrogen-bond acceptors (Lipinski definition) is 6. The van der Waals surface area contributed by atoms with Crippen LogP contribution in [0.3, 0.4) is 0 Å². The predicted molar refractivity (Wildman–Crippen MR) is 43.7 cm³/mol. The third-order valence-electron chi connectivity index (χ3n) is 0.828. The fourth-order valence-corrected chi connectivity index (χ4v) is 1.67. The van der Waals surface area contributed by atoms with E-state index in [0.29, 0.717) is 0 Å². The minimum atomic E-state index is 0. The summed E-state index contributed by atoms with van der Waals surface area (Å²) in [6.07, 6.45) is 0.943. The fraction of sp³-hybridized carbons (Fsp3) is 1.00. The van der Waals surface area contributed by atoms with Crippen LogP contribution in [0.4, 0.5) is 0 Å². The van der Waals surface area contributed by atoms with Crippen molar-refractivity contribution in [2.45, 2.75) is 6.42 Å². The van der Waals surface area contributed by atoms with E-state index in [0.717, 1.165) is 35.7 Å². The third-order valence-corrected chi connectivity index (χ3v) is 2.48. The maximum atomic E-state index is 9.28. The van der Waals surface area contributed by atoms with E-state index >= 15 is 0 Å². The van der Waals surface area contributed by atoms with E-state index < -0.39 is 0 Å². The predicted octanol–water partition coefficient (Wildman–Crippen LogP) is -3.02. The molecule has 7 heteroatoms. The second-order valence-electron chi connectivity index (χ2n) is 1.65. The molecule has 0 spiro atoms. The van der Waals surface area contributed by atoms with Crippen molar-refractivity contribution in [3.63, 3.8) is 0 Å². The zero-order chi connectivity index (χ0) is 8.36. The number of aliphatic hydroxyl groups is 1. The standard InChI is InChI=1S/C5H12O4S2.Na/c6-2-5-10-3-1-4-11-9-8-7;/h6-7H,1-5H2;/q;+1/p-1. The van der Waals surface area contributed by atoms with Gasteiger partial charge in [-0.15, -0.1) is 0 Å². The average Bonchev–Trinajstić information content (AvgIpc) is 2.03. The summed E-state index contributed by atoms with van der Waals surface area (Å²) in [7, 11) is 0. The van der Waals surface area contributed by atoms with E-state index in [1.54, 1.807) is 11.8 Å². The summed E-state index contributed by atoms with van der Waals surface area (Å²) in [5.74, 6) is 2.47. The van der Waals surface area contributed by atoms with E-state index in [9.17, 15) is 5.26 Å². The Labute approximate surface area is 103 Å². The van der Waals surface area contributed by atoms with Gasteiger partial charge in [-0.3, -0.25) is 5.04 Å². The molecule has 0 unspecified atom stereocenters. The first-order valence-electron chi connectivity index (χ1n) is 3.18. The first-order valence-corrected chi connectivity index (χ1v) is 5.25. The van der Waals surface area contributed by atoms with E-state index in [1.165, 1.54) is 0 Å². The largest absolute Gasteiger partial charge is 1.00 e. The average molecular weight is 222 g/mol. The van der Waals surface area contributed by atoms with Gasteiger partial charge >= 0.3 is 29.6 Å². The zero-order valence-corrected chi connectivity index (χ0v) is 10.7. The molecule has 4 nitrogen and oxygen atoms in total. The SMILES string of the molecule is [Na+].[O-]OOSCCCSCCO. The van der Waals surface area contributed by atoms with Crippen molar-refractivity contribution in [1.82, 2.24) is 0 Å². The first kappa shape index (κ1) is 16.0. The van der Waals surface area contributed by atoms with Crippen LogP contribution in [0.15, 0.2) is 0 Å². The second kappa shape index (κ2) is 15.0. The van der Waals surface area contributed by atoms with Gasteiger partial charge in [0.25, 0.3) is 0 Å². The summed E-state index contributed by atoms with van der Waals surface area (Å²) in [5, 5.41) is 20.8. The number of aliphatic hydroxyl groups excluding tert-OH is 1. The molecule has 0 rings (SSSR count). The normalized spacial score (nSPS) is 9.50. The second-order valence-corrected chi connectivity index (χ2v) is 3.65. The van der Waals surface area contributed by atoms with Gasteiger partial charge in [0.2, 0.25) is 0 Å². The number of thioether (sulfide) groups is 1. The minimum absolute atomic E-state index is 0. The van der Waals surface area contributed by atoms with Gasteiger partial charge in [-0.2, -0.15) is 16.1 Å².